The number of rotatable bonds is 5. The fraction of sp³-hybridized carbons (Fsp3) is 0.176. The molecule has 0 aliphatic carbocycles. The molecule has 128 valence electrons. The Morgan fingerprint density at radius 3 is 2.60 bits per heavy atom. The number of para-hydroxylation sites is 2. The normalized spacial score (nSPS) is 10.6. The van der Waals surface area contributed by atoms with E-state index in [9.17, 15) is 9.59 Å². The maximum absolute atomic E-state index is 11.9. The van der Waals surface area contributed by atoms with Crippen molar-refractivity contribution >= 4 is 34.7 Å². The molecule has 2 N–H and O–H groups in total. The highest BCUT2D eigenvalue weighted by Gasteiger charge is 2.11. The van der Waals surface area contributed by atoms with Crippen molar-refractivity contribution in [2.45, 2.75) is 18.5 Å². The summed E-state index contributed by atoms with van der Waals surface area (Å²) in [5, 5.41) is 5.49. The van der Waals surface area contributed by atoms with E-state index in [0.29, 0.717) is 10.8 Å². The van der Waals surface area contributed by atoms with Gasteiger partial charge in [-0.05, 0) is 31.2 Å². The lowest BCUT2D eigenvalue weighted by atomic mass is 10.3. The van der Waals surface area contributed by atoms with E-state index in [1.807, 2.05) is 31.2 Å². The fourth-order valence-electron chi connectivity index (χ4n) is 2.13. The topological polar surface area (TPSA) is 97.1 Å². The van der Waals surface area contributed by atoms with Gasteiger partial charge in [0.1, 0.15) is 10.8 Å². The molecule has 3 amide bonds. The second-order valence-corrected chi connectivity index (χ2v) is 6.17. The molecule has 0 unspecified atom stereocenters. The van der Waals surface area contributed by atoms with Crippen molar-refractivity contribution in [1.29, 1.82) is 0 Å². The number of carbonyl (C=O) groups is 2. The Hall–Kier alpha value is -2.87. The molecule has 0 fully saturated rings. The first-order valence-electron chi connectivity index (χ1n) is 7.58. The minimum atomic E-state index is -0.566. The van der Waals surface area contributed by atoms with Crippen LogP contribution in [0.1, 0.15) is 11.5 Å². The van der Waals surface area contributed by atoms with Crippen molar-refractivity contribution in [3.05, 3.63) is 54.1 Å². The highest BCUT2D eigenvalue weighted by molar-refractivity contribution is 7.99. The standard InChI is InChI=1S/C17H16N4O3S/c1-11-16(20-14-7-3-2-6-13(14)19-11)25-10-15(22)21-17(23)18-9-12-5-4-8-24-12/h2-8H,9-10H2,1H3,(H2,18,21,22,23). The predicted molar refractivity (Wildman–Crippen MR) is 94.1 cm³/mol. The van der Waals surface area contributed by atoms with E-state index in [1.165, 1.54) is 18.0 Å². The van der Waals surface area contributed by atoms with Gasteiger partial charge in [-0.25, -0.2) is 14.8 Å². The minimum absolute atomic E-state index is 0.0715. The van der Waals surface area contributed by atoms with E-state index in [4.69, 9.17) is 4.42 Å². The van der Waals surface area contributed by atoms with Crippen LogP contribution >= 0.6 is 11.8 Å². The van der Waals surface area contributed by atoms with Crippen molar-refractivity contribution in [1.82, 2.24) is 20.6 Å². The van der Waals surface area contributed by atoms with Crippen LogP contribution in [0.25, 0.3) is 11.0 Å². The van der Waals surface area contributed by atoms with Crippen LogP contribution in [0.4, 0.5) is 4.79 Å². The number of carbonyl (C=O) groups excluding carboxylic acids is 2. The van der Waals surface area contributed by atoms with Gasteiger partial charge in [0.25, 0.3) is 0 Å². The first-order valence-corrected chi connectivity index (χ1v) is 8.56. The molecule has 0 bridgehead atoms. The third-order valence-electron chi connectivity index (χ3n) is 3.30. The van der Waals surface area contributed by atoms with Gasteiger partial charge in [-0.1, -0.05) is 23.9 Å². The second kappa shape index (κ2) is 7.80. The van der Waals surface area contributed by atoms with Gasteiger partial charge >= 0.3 is 6.03 Å². The lowest BCUT2D eigenvalue weighted by Crippen LogP contribution is -2.39. The Morgan fingerprint density at radius 1 is 1.12 bits per heavy atom. The lowest BCUT2D eigenvalue weighted by molar-refractivity contribution is -0.117. The molecule has 0 spiro atoms. The van der Waals surface area contributed by atoms with E-state index in [0.717, 1.165) is 16.7 Å². The predicted octanol–water partition coefficient (Wildman–Crippen LogP) is 2.65. The van der Waals surface area contributed by atoms with Crippen LogP contribution in [-0.2, 0) is 11.3 Å². The summed E-state index contributed by atoms with van der Waals surface area (Å²) in [7, 11) is 0. The van der Waals surface area contributed by atoms with E-state index in [2.05, 4.69) is 20.6 Å². The van der Waals surface area contributed by atoms with Crippen LogP contribution in [0.2, 0.25) is 0 Å². The van der Waals surface area contributed by atoms with Crippen LogP contribution < -0.4 is 10.6 Å². The van der Waals surface area contributed by atoms with Gasteiger partial charge in [0, 0.05) is 0 Å². The van der Waals surface area contributed by atoms with Crippen LogP contribution in [0.5, 0.6) is 0 Å². The fourth-order valence-corrected chi connectivity index (χ4v) is 2.89. The van der Waals surface area contributed by atoms with Crippen LogP contribution in [0.3, 0.4) is 0 Å². The molecular weight excluding hydrogens is 340 g/mol. The third-order valence-corrected chi connectivity index (χ3v) is 4.36. The Kier molecular flexibility index (Phi) is 5.30. The summed E-state index contributed by atoms with van der Waals surface area (Å²) in [6.07, 6.45) is 1.52. The molecule has 0 atom stereocenters. The lowest BCUT2D eigenvalue weighted by Gasteiger charge is -2.07. The number of aryl methyl sites for hydroxylation is 1. The molecule has 25 heavy (non-hydrogen) atoms. The van der Waals surface area contributed by atoms with Crippen LogP contribution in [-0.4, -0.2) is 27.7 Å². The molecule has 7 nitrogen and oxygen atoms in total. The van der Waals surface area contributed by atoms with Crippen molar-refractivity contribution in [3.8, 4) is 0 Å². The van der Waals surface area contributed by atoms with E-state index < -0.39 is 11.9 Å². The molecule has 8 heteroatoms. The number of amides is 3. The number of fused-ring (bicyclic) bond motifs is 1. The Morgan fingerprint density at radius 2 is 1.88 bits per heavy atom. The molecule has 2 heterocycles. The number of urea groups is 1. The number of aromatic nitrogens is 2. The molecule has 0 radical (unpaired) electrons. The monoisotopic (exact) mass is 356 g/mol. The van der Waals surface area contributed by atoms with Crippen molar-refractivity contribution in [2.75, 3.05) is 5.75 Å². The summed E-state index contributed by atoms with van der Waals surface area (Å²) in [6.45, 7) is 2.06. The summed E-state index contributed by atoms with van der Waals surface area (Å²) in [6, 6.07) is 10.4. The Balaban J connectivity index is 1.51. The molecule has 1 aromatic carbocycles. The number of furan rings is 1. The summed E-state index contributed by atoms with van der Waals surface area (Å²) in [4.78, 5) is 32.5. The number of imide groups is 1. The second-order valence-electron chi connectivity index (χ2n) is 5.20. The molecule has 0 aliphatic heterocycles. The van der Waals surface area contributed by atoms with E-state index in [-0.39, 0.29) is 12.3 Å². The van der Waals surface area contributed by atoms with Gasteiger partial charge in [-0.15, -0.1) is 0 Å². The SMILES string of the molecule is Cc1nc2ccccc2nc1SCC(=O)NC(=O)NCc1ccco1. The number of hydrogen-bond donors (Lipinski definition) is 2. The molecule has 3 rings (SSSR count). The maximum atomic E-state index is 11.9. The molecule has 0 saturated heterocycles. The van der Waals surface area contributed by atoms with Gasteiger partial charge in [-0.3, -0.25) is 10.1 Å². The maximum Gasteiger partial charge on any atom is 0.321 e. The van der Waals surface area contributed by atoms with Crippen molar-refractivity contribution < 1.29 is 14.0 Å². The summed E-state index contributed by atoms with van der Waals surface area (Å²) in [5.41, 5.74) is 2.33. The largest absolute Gasteiger partial charge is 0.467 e. The summed E-state index contributed by atoms with van der Waals surface area (Å²) in [5.74, 6) is 0.275. The van der Waals surface area contributed by atoms with E-state index in [1.54, 1.807) is 12.1 Å². The number of hydrogen-bond acceptors (Lipinski definition) is 6. The van der Waals surface area contributed by atoms with Crippen molar-refractivity contribution in [3.63, 3.8) is 0 Å². The van der Waals surface area contributed by atoms with Crippen LogP contribution in [0, 0.1) is 6.92 Å². The number of nitrogens with one attached hydrogen (secondary N) is 2. The van der Waals surface area contributed by atoms with Crippen LogP contribution in [0.15, 0.2) is 52.1 Å². The van der Waals surface area contributed by atoms with Gasteiger partial charge in [0.05, 0.1) is 35.3 Å². The number of thioether (sulfide) groups is 1. The van der Waals surface area contributed by atoms with Gasteiger partial charge in [0.2, 0.25) is 5.91 Å². The first-order chi connectivity index (χ1) is 12.1. The van der Waals surface area contributed by atoms with Gasteiger partial charge in [0.15, 0.2) is 0 Å². The summed E-state index contributed by atoms with van der Waals surface area (Å²) >= 11 is 1.24. The van der Waals surface area contributed by atoms with Gasteiger partial charge < -0.3 is 9.73 Å². The molecule has 2 aromatic heterocycles. The average molecular weight is 356 g/mol. The zero-order chi connectivity index (χ0) is 17.6. The third kappa shape index (κ3) is 4.57. The molecule has 0 aliphatic rings. The zero-order valence-corrected chi connectivity index (χ0v) is 14.3. The molecule has 3 aromatic rings. The quantitative estimate of drug-likeness (QED) is 0.682. The molecule has 0 saturated carbocycles. The summed E-state index contributed by atoms with van der Waals surface area (Å²) < 4.78 is 5.10. The highest BCUT2D eigenvalue weighted by Crippen LogP contribution is 2.21. The molecular formula is C17H16N4O3S. The highest BCUT2D eigenvalue weighted by atomic mass is 32.2. The number of benzene rings is 1. The Bertz CT molecular complexity index is 896. The van der Waals surface area contributed by atoms with E-state index >= 15 is 0 Å². The van der Waals surface area contributed by atoms with Crippen molar-refractivity contribution in [2.24, 2.45) is 0 Å². The Labute approximate surface area is 148 Å². The zero-order valence-electron chi connectivity index (χ0n) is 13.5. The van der Waals surface area contributed by atoms with Gasteiger partial charge in [-0.2, -0.15) is 0 Å². The minimum Gasteiger partial charge on any atom is -0.467 e. The average Bonchev–Trinajstić information content (AvgIpc) is 3.11. The first kappa shape index (κ1) is 17.0. The smallest absolute Gasteiger partial charge is 0.321 e. The number of nitrogens with zero attached hydrogens (tertiary/aromatic N) is 2.